The number of alkyl carbamates (subject to hydrolysis) is 1. The highest BCUT2D eigenvalue weighted by Crippen LogP contribution is 2.44. The third-order valence-corrected chi connectivity index (χ3v) is 7.25. The lowest BCUT2D eigenvalue weighted by molar-refractivity contribution is -0.138. The molecule has 2 amide bonds. The summed E-state index contributed by atoms with van der Waals surface area (Å²) in [5.41, 5.74) is 3.89. The summed E-state index contributed by atoms with van der Waals surface area (Å²) in [5, 5.41) is 14.7. The zero-order valence-corrected chi connectivity index (χ0v) is 19.7. The Kier molecular flexibility index (Phi) is 6.91. The quantitative estimate of drug-likeness (QED) is 0.540. The molecule has 0 aromatic heterocycles. The van der Waals surface area contributed by atoms with E-state index in [9.17, 15) is 14.4 Å². The summed E-state index contributed by atoms with van der Waals surface area (Å²) in [6.45, 7) is 4.16. The molecule has 0 spiro atoms. The zero-order valence-electron chi connectivity index (χ0n) is 19.7. The average molecular weight is 465 g/mol. The standard InChI is InChI=1S/C27H32N2O5/c1-17(14-24(30)31)15-28-25(32)27(2)13-7-12-23(27)29-26(33)34-16-22-20-10-5-3-8-18(20)19-9-4-6-11-21(19)22/h3-6,8-11,17,22-23H,7,12-16H2,1-2H3,(H,28,32)(H,29,33)(H,30,31). The molecule has 0 radical (unpaired) electrons. The van der Waals surface area contributed by atoms with Crippen molar-refractivity contribution in [2.24, 2.45) is 11.3 Å². The van der Waals surface area contributed by atoms with Gasteiger partial charge in [-0.25, -0.2) is 4.79 Å². The van der Waals surface area contributed by atoms with Gasteiger partial charge in [0, 0.05) is 24.9 Å². The van der Waals surface area contributed by atoms with E-state index in [0.29, 0.717) is 19.4 Å². The molecule has 7 nitrogen and oxygen atoms in total. The average Bonchev–Trinajstić information content (AvgIpc) is 3.34. The Hall–Kier alpha value is -3.35. The molecular weight excluding hydrogens is 432 g/mol. The summed E-state index contributed by atoms with van der Waals surface area (Å²) >= 11 is 0. The number of benzene rings is 2. The Morgan fingerprint density at radius 3 is 2.32 bits per heavy atom. The van der Waals surface area contributed by atoms with Crippen LogP contribution in [0.2, 0.25) is 0 Å². The van der Waals surface area contributed by atoms with Crippen molar-refractivity contribution >= 4 is 18.0 Å². The number of rotatable bonds is 8. The number of ether oxygens (including phenoxy) is 1. The van der Waals surface area contributed by atoms with Crippen LogP contribution in [0.3, 0.4) is 0 Å². The molecule has 7 heteroatoms. The van der Waals surface area contributed by atoms with Crippen LogP contribution in [-0.2, 0) is 14.3 Å². The van der Waals surface area contributed by atoms with E-state index < -0.39 is 17.5 Å². The van der Waals surface area contributed by atoms with E-state index in [2.05, 4.69) is 34.9 Å². The van der Waals surface area contributed by atoms with E-state index in [1.165, 1.54) is 11.1 Å². The number of aliphatic carboxylic acids is 1. The molecular formula is C27H32N2O5. The first-order valence-electron chi connectivity index (χ1n) is 11.9. The highest BCUT2D eigenvalue weighted by molar-refractivity contribution is 5.84. The Bertz CT molecular complexity index is 1040. The van der Waals surface area contributed by atoms with Crippen molar-refractivity contribution in [3.05, 3.63) is 59.7 Å². The number of fused-ring (bicyclic) bond motifs is 3. The SMILES string of the molecule is CC(CNC(=O)C1(C)CCCC1NC(=O)OCC1c2ccccc2-c2ccccc21)CC(=O)O. The van der Waals surface area contributed by atoms with Gasteiger partial charge in [0.15, 0.2) is 0 Å². The van der Waals surface area contributed by atoms with E-state index >= 15 is 0 Å². The zero-order chi connectivity index (χ0) is 24.3. The minimum absolute atomic E-state index is 0.00156. The summed E-state index contributed by atoms with van der Waals surface area (Å²) < 4.78 is 5.67. The first kappa shape index (κ1) is 23.8. The summed E-state index contributed by atoms with van der Waals surface area (Å²) in [7, 11) is 0. The third kappa shape index (κ3) is 4.79. The highest BCUT2D eigenvalue weighted by Gasteiger charge is 2.46. The number of carboxylic acid groups (broad SMARTS) is 1. The van der Waals surface area contributed by atoms with Crippen LogP contribution in [-0.4, -0.2) is 42.3 Å². The van der Waals surface area contributed by atoms with Gasteiger partial charge < -0.3 is 20.5 Å². The van der Waals surface area contributed by atoms with E-state index in [1.54, 1.807) is 6.92 Å². The van der Waals surface area contributed by atoms with Gasteiger partial charge in [-0.05, 0) is 47.9 Å². The van der Waals surface area contributed by atoms with Gasteiger partial charge in [0.25, 0.3) is 0 Å². The lowest BCUT2D eigenvalue weighted by atomic mass is 9.83. The maximum absolute atomic E-state index is 12.9. The largest absolute Gasteiger partial charge is 0.481 e. The van der Waals surface area contributed by atoms with Gasteiger partial charge in [0.1, 0.15) is 6.61 Å². The Balaban J connectivity index is 1.36. The molecule has 0 aliphatic heterocycles. The molecule has 1 fully saturated rings. The van der Waals surface area contributed by atoms with E-state index in [4.69, 9.17) is 9.84 Å². The molecule has 2 aromatic rings. The van der Waals surface area contributed by atoms with E-state index in [-0.39, 0.29) is 36.8 Å². The number of hydrogen-bond acceptors (Lipinski definition) is 4. The smallest absolute Gasteiger partial charge is 0.407 e. The van der Waals surface area contributed by atoms with Crippen LogP contribution in [0.15, 0.2) is 48.5 Å². The molecule has 0 heterocycles. The van der Waals surface area contributed by atoms with Gasteiger partial charge >= 0.3 is 12.1 Å². The summed E-state index contributed by atoms with van der Waals surface area (Å²) in [5.74, 6) is -1.23. The fourth-order valence-corrected chi connectivity index (χ4v) is 5.29. The number of carbonyl (C=O) groups excluding carboxylic acids is 2. The minimum atomic E-state index is -0.886. The molecule has 3 N–H and O–H groups in total. The minimum Gasteiger partial charge on any atom is -0.481 e. The van der Waals surface area contributed by atoms with Gasteiger partial charge in [-0.3, -0.25) is 9.59 Å². The second kappa shape index (κ2) is 9.87. The predicted molar refractivity (Wildman–Crippen MR) is 128 cm³/mol. The fourth-order valence-electron chi connectivity index (χ4n) is 5.29. The van der Waals surface area contributed by atoms with Crippen LogP contribution >= 0.6 is 0 Å². The molecule has 180 valence electrons. The summed E-state index contributed by atoms with van der Waals surface area (Å²) in [4.78, 5) is 36.6. The summed E-state index contributed by atoms with van der Waals surface area (Å²) in [6, 6.07) is 16.0. The lowest BCUT2D eigenvalue weighted by Crippen LogP contribution is -2.51. The second-order valence-electron chi connectivity index (χ2n) is 9.75. The van der Waals surface area contributed by atoms with Crippen LogP contribution in [0.4, 0.5) is 4.79 Å². The maximum Gasteiger partial charge on any atom is 0.407 e. The van der Waals surface area contributed by atoms with E-state index in [1.807, 2.05) is 31.2 Å². The molecule has 34 heavy (non-hydrogen) atoms. The monoisotopic (exact) mass is 464 g/mol. The summed E-state index contributed by atoms with van der Waals surface area (Å²) in [6.07, 6.45) is 1.65. The van der Waals surface area contributed by atoms with Crippen LogP contribution in [0.5, 0.6) is 0 Å². The van der Waals surface area contributed by atoms with Crippen LogP contribution in [0.25, 0.3) is 11.1 Å². The van der Waals surface area contributed by atoms with Gasteiger partial charge in [-0.15, -0.1) is 0 Å². The van der Waals surface area contributed by atoms with Crippen molar-refractivity contribution in [2.45, 2.75) is 51.5 Å². The topological polar surface area (TPSA) is 105 Å². The molecule has 4 rings (SSSR count). The van der Waals surface area contributed by atoms with Crippen molar-refractivity contribution in [2.75, 3.05) is 13.2 Å². The van der Waals surface area contributed by atoms with Crippen molar-refractivity contribution in [1.82, 2.24) is 10.6 Å². The van der Waals surface area contributed by atoms with Gasteiger partial charge in [-0.1, -0.05) is 61.9 Å². The van der Waals surface area contributed by atoms with Crippen molar-refractivity contribution < 1.29 is 24.2 Å². The molecule has 3 atom stereocenters. The molecule has 2 aliphatic carbocycles. The highest BCUT2D eigenvalue weighted by atomic mass is 16.5. The number of amides is 2. The number of nitrogens with one attached hydrogen (secondary N) is 2. The van der Waals surface area contributed by atoms with Crippen molar-refractivity contribution in [3.8, 4) is 11.1 Å². The molecule has 0 bridgehead atoms. The third-order valence-electron chi connectivity index (χ3n) is 7.25. The molecule has 2 aromatic carbocycles. The van der Waals surface area contributed by atoms with Crippen LogP contribution in [0, 0.1) is 11.3 Å². The molecule has 1 saturated carbocycles. The van der Waals surface area contributed by atoms with Crippen LogP contribution in [0.1, 0.15) is 56.6 Å². The predicted octanol–water partition coefficient (Wildman–Crippen LogP) is 4.31. The Labute approximate surface area is 199 Å². The second-order valence-corrected chi connectivity index (χ2v) is 9.75. The Morgan fingerprint density at radius 2 is 1.71 bits per heavy atom. The lowest BCUT2D eigenvalue weighted by Gasteiger charge is -2.31. The number of carbonyl (C=O) groups is 3. The molecule has 2 aliphatic rings. The molecule has 3 unspecified atom stereocenters. The first-order valence-corrected chi connectivity index (χ1v) is 11.9. The first-order chi connectivity index (χ1) is 16.3. The maximum atomic E-state index is 12.9. The Morgan fingerprint density at radius 1 is 1.09 bits per heavy atom. The van der Waals surface area contributed by atoms with Crippen LogP contribution < -0.4 is 10.6 Å². The van der Waals surface area contributed by atoms with Gasteiger partial charge in [-0.2, -0.15) is 0 Å². The van der Waals surface area contributed by atoms with Gasteiger partial charge in [0.05, 0.1) is 5.41 Å². The molecule has 0 saturated heterocycles. The number of carboxylic acids is 1. The van der Waals surface area contributed by atoms with Crippen molar-refractivity contribution in [1.29, 1.82) is 0 Å². The van der Waals surface area contributed by atoms with Crippen molar-refractivity contribution in [3.63, 3.8) is 0 Å². The number of hydrogen-bond donors (Lipinski definition) is 3. The van der Waals surface area contributed by atoms with Gasteiger partial charge in [0.2, 0.25) is 5.91 Å². The normalized spacial score (nSPS) is 21.9. The fraction of sp³-hybridized carbons (Fsp3) is 0.444. The van der Waals surface area contributed by atoms with E-state index in [0.717, 1.165) is 17.5 Å².